The van der Waals surface area contributed by atoms with Gasteiger partial charge in [-0.05, 0) is 18.4 Å². The molecule has 0 aliphatic carbocycles. The summed E-state index contributed by atoms with van der Waals surface area (Å²) in [5.74, 6) is 1.16. The first-order valence-corrected chi connectivity index (χ1v) is 6.43. The maximum atomic E-state index is 6.12. The molecule has 0 saturated carbocycles. The summed E-state index contributed by atoms with van der Waals surface area (Å²) in [6, 6.07) is 2.22. The summed E-state index contributed by atoms with van der Waals surface area (Å²) in [4.78, 5) is 8.39. The van der Waals surface area contributed by atoms with E-state index >= 15 is 0 Å². The van der Waals surface area contributed by atoms with E-state index in [4.69, 9.17) is 11.6 Å². The molecular weight excluding hydrogens is 242 g/mol. The van der Waals surface area contributed by atoms with Crippen LogP contribution in [0.2, 0.25) is 5.02 Å². The summed E-state index contributed by atoms with van der Waals surface area (Å²) in [6.07, 6.45) is 3.54. The number of nitrogens with zero attached hydrogens (tertiary/aromatic N) is 1. The Balaban J connectivity index is 2.05. The SMILES string of the molecule is CC(Nc1ncc[nH]1)C(C)c1sccc1Cl. The van der Waals surface area contributed by atoms with Gasteiger partial charge >= 0.3 is 0 Å². The highest BCUT2D eigenvalue weighted by Gasteiger charge is 2.18. The minimum absolute atomic E-state index is 0.280. The largest absolute Gasteiger partial charge is 0.353 e. The second-order valence-electron chi connectivity index (χ2n) is 3.79. The van der Waals surface area contributed by atoms with Crippen molar-refractivity contribution < 1.29 is 0 Å². The van der Waals surface area contributed by atoms with E-state index in [1.165, 1.54) is 4.88 Å². The molecule has 2 atom stereocenters. The Morgan fingerprint density at radius 1 is 1.50 bits per heavy atom. The van der Waals surface area contributed by atoms with Crippen LogP contribution in [0.15, 0.2) is 23.8 Å². The number of imidazole rings is 1. The van der Waals surface area contributed by atoms with Gasteiger partial charge in [0.2, 0.25) is 0 Å². The lowest BCUT2D eigenvalue weighted by molar-refractivity contribution is 0.656. The smallest absolute Gasteiger partial charge is 0.200 e. The van der Waals surface area contributed by atoms with Crippen LogP contribution in [0.3, 0.4) is 0 Å². The van der Waals surface area contributed by atoms with E-state index in [1.54, 1.807) is 23.7 Å². The molecule has 0 bridgehead atoms. The third-order valence-corrected chi connectivity index (χ3v) is 4.23. The van der Waals surface area contributed by atoms with Gasteiger partial charge < -0.3 is 10.3 Å². The van der Waals surface area contributed by atoms with E-state index in [1.807, 2.05) is 11.4 Å². The molecule has 0 aliphatic rings. The molecule has 2 rings (SSSR count). The lowest BCUT2D eigenvalue weighted by Gasteiger charge is -2.20. The van der Waals surface area contributed by atoms with Gasteiger partial charge in [0.05, 0.1) is 5.02 Å². The van der Waals surface area contributed by atoms with Crippen LogP contribution in [0.25, 0.3) is 0 Å². The van der Waals surface area contributed by atoms with Gasteiger partial charge in [-0.25, -0.2) is 4.98 Å². The number of halogens is 1. The van der Waals surface area contributed by atoms with Crippen molar-refractivity contribution in [3.8, 4) is 0 Å². The molecule has 2 aromatic rings. The minimum atomic E-state index is 0.280. The molecular formula is C11H14ClN3S. The van der Waals surface area contributed by atoms with Crippen molar-refractivity contribution in [3.05, 3.63) is 33.7 Å². The molecule has 0 saturated heterocycles. The van der Waals surface area contributed by atoms with Crippen molar-refractivity contribution in [3.63, 3.8) is 0 Å². The monoisotopic (exact) mass is 255 g/mol. The highest BCUT2D eigenvalue weighted by molar-refractivity contribution is 7.10. The fraction of sp³-hybridized carbons (Fsp3) is 0.364. The summed E-state index contributed by atoms with van der Waals surface area (Å²) in [6.45, 7) is 4.29. The molecule has 86 valence electrons. The first kappa shape index (κ1) is 11.5. The quantitative estimate of drug-likeness (QED) is 0.874. The number of anilines is 1. The average Bonchev–Trinajstić information content (AvgIpc) is 2.88. The van der Waals surface area contributed by atoms with Crippen LogP contribution < -0.4 is 5.32 Å². The fourth-order valence-corrected chi connectivity index (χ4v) is 2.94. The first-order valence-electron chi connectivity index (χ1n) is 5.17. The molecule has 0 radical (unpaired) electrons. The van der Waals surface area contributed by atoms with E-state index in [0.29, 0.717) is 5.92 Å². The summed E-state index contributed by atoms with van der Waals surface area (Å²) >= 11 is 7.82. The van der Waals surface area contributed by atoms with Gasteiger partial charge in [0.15, 0.2) is 5.95 Å². The molecule has 2 aromatic heterocycles. The predicted octanol–water partition coefficient (Wildman–Crippen LogP) is 3.73. The van der Waals surface area contributed by atoms with Crippen LogP contribution in [-0.2, 0) is 0 Å². The molecule has 0 spiro atoms. The number of rotatable bonds is 4. The Labute approximate surface area is 104 Å². The van der Waals surface area contributed by atoms with Gasteiger partial charge in [0, 0.05) is 29.2 Å². The third-order valence-electron chi connectivity index (χ3n) is 2.67. The van der Waals surface area contributed by atoms with Gasteiger partial charge in [-0.3, -0.25) is 0 Å². The van der Waals surface area contributed by atoms with Crippen LogP contribution in [0.4, 0.5) is 5.95 Å². The molecule has 2 heterocycles. The minimum Gasteiger partial charge on any atom is -0.353 e. The zero-order valence-corrected chi connectivity index (χ0v) is 10.8. The Kier molecular flexibility index (Phi) is 3.51. The second-order valence-corrected chi connectivity index (χ2v) is 5.15. The molecule has 0 aromatic carbocycles. The Morgan fingerprint density at radius 3 is 2.88 bits per heavy atom. The molecule has 0 amide bonds. The summed E-state index contributed by atoms with van der Waals surface area (Å²) in [5, 5.41) is 6.19. The van der Waals surface area contributed by atoms with Crippen LogP contribution in [0, 0.1) is 0 Å². The van der Waals surface area contributed by atoms with E-state index < -0.39 is 0 Å². The lowest BCUT2D eigenvalue weighted by atomic mass is 10.0. The molecule has 5 heteroatoms. The van der Waals surface area contributed by atoms with Gasteiger partial charge in [-0.1, -0.05) is 18.5 Å². The van der Waals surface area contributed by atoms with Crippen molar-refractivity contribution in [1.82, 2.24) is 9.97 Å². The standard InChI is InChI=1S/C11H14ClN3S/c1-7(10-9(12)3-6-16-10)8(2)15-11-13-4-5-14-11/h3-8H,1-2H3,(H2,13,14,15). The van der Waals surface area contributed by atoms with Crippen molar-refractivity contribution in [2.24, 2.45) is 0 Å². The highest BCUT2D eigenvalue weighted by atomic mass is 35.5. The number of aromatic amines is 1. The number of hydrogen-bond acceptors (Lipinski definition) is 3. The predicted molar refractivity (Wildman–Crippen MR) is 69.4 cm³/mol. The van der Waals surface area contributed by atoms with Crippen LogP contribution in [0.1, 0.15) is 24.6 Å². The van der Waals surface area contributed by atoms with Gasteiger partial charge in [-0.2, -0.15) is 0 Å². The number of thiophene rings is 1. The lowest BCUT2D eigenvalue weighted by Crippen LogP contribution is -2.22. The van der Waals surface area contributed by atoms with Crippen molar-refractivity contribution in [1.29, 1.82) is 0 Å². The molecule has 2 unspecified atom stereocenters. The summed E-state index contributed by atoms with van der Waals surface area (Å²) in [7, 11) is 0. The number of nitrogens with one attached hydrogen (secondary N) is 2. The zero-order chi connectivity index (χ0) is 11.5. The maximum Gasteiger partial charge on any atom is 0.200 e. The van der Waals surface area contributed by atoms with Crippen LogP contribution >= 0.6 is 22.9 Å². The summed E-state index contributed by atoms with van der Waals surface area (Å²) in [5.41, 5.74) is 0. The van der Waals surface area contributed by atoms with Crippen molar-refractivity contribution in [2.45, 2.75) is 25.8 Å². The molecule has 0 aliphatic heterocycles. The van der Waals surface area contributed by atoms with E-state index in [0.717, 1.165) is 11.0 Å². The Morgan fingerprint density at radius 2 is 2.31 bits per heavy atom. The Hall–Kier alpha value is -1.00. The van der Waals surface area contributed by atoms with Crippen molar-refractivity contribution >= 4 is 28.9 Å². The topological polar surface area (TPSA) is 40.7 Å². The fourth-order valence-electron chi connectivity index (χ4n) is 1.54. The summed E-state index contributed by atoms with van der Waals surface area (Å²) < 4.78 is 0. The van der Waals surface area contributed by atoms with Gasteiger partial charge in [-0.15, -0.1) is 11.3 Å². The molecule has 3 nitrogen and oxygen atoms in total. The molecule has 2 N–H and O–H groups in total. The second kappa shape index (κ2) is 4.89. The first-order chi connectivity index (χ1) is 7.68. The molecule has 16 heavy (non-hydrogen) atoms. The zero-order valence-electron chi connectivity index (χ0n) is 9.20. The maximum absolute atomic E-state index is 6.12. The van der Waals surface area contributed by atoms with Gasteiger partial charge in [0.25, 0.3) is 0 Å². The number of hydrogen-bond donors (Lipinski definition) is 2. The number of aromatic nitrogens is 2. The Bertz CT molecular complexity index is 438. The average molecular weight is 256 g/mol. The van der Waals surface area contributed by atoms with Crippen LogP contribution in [-0.4, -0.2) is 16.0 Å². The number of H-pyrrole nitrogens is 1. The molecule has 0 fully saturated rings. The third kappa shape index (κ3) is 2.39. The van der Waals surface area contributed by atoms with E-state index in [-0.39, 0.29) is 6.04 Å². The normalized spacial score (nSPS) is 14.7. The van der Waals surface area contributed by atoms with Crippen molar-refractivity contribution in [2.75, 3.05) is 5.32 Å². The van der Waals surface area contributed by atoms with Crippen LogP contribution in [0.5, 0.6) is 0 Å². The highest BCUT2D eigenvalue weighted by Crippen LogP contribution is 2.32. The van der Waals surface area contributed by atoms with Gasteiger partial charge in [0.1, 0.15) is 0 Å². The van der Waals surface area contributed by atoms with E-state index in [9.17, 15) is 0 Å². The van der Waals surface area contributed by atoms with E-state index in [2.05, 4.69) is 29.1 Å².